The highest BCUT2D eigenvalue weighted by Gasteiger charge is 2.20. The first-order valence-electron chi connectivity index (χ1n) is 5.29. The summed E-state index contributed by atoms with van der Waals surface area (Å²) in [5, 5.41) is 0.809. The largest absolute Gasteiger partial charge is 0.494 e. The zero-order valence-corrected chi connectivity index (χ0v) is 10.9. The maximum Gasteiger partial charge on any atom is 0.123 e. The van der Waals surface area contributed by atoms with Crippen LogP contribution in [0.25, 0.3) is 0 Å². The van der Waals surface area contributed by atoms with Crippen LogP contribution < -0.4 is 4.74 Å². The minimum atomic E-state index is 0.0574. The molecule has 15 heavy (non-hydrogen) atoms. The number of aryl methyl sites for hydroxylation is 1. The highest BCUT2D eigenvalue weighted by Crippen LogP contribution is 2.35. The van der Waals surface area contributed by atoms with Crippen LogP contribution in [0, 0.1) is 6.92 Å². The van der Waals surface area contributed by atoms with Gasteiger partial charge in [0.1, 0.15) is 5.75 Å². The van der Waals surface area contributed by atoms with Crippen LogP contribution >= 0.6 is 11.6 Å². The van der Waals surface area contributed by atoms with Gasteiger partial charge in [-0.05, 0) is 37.0 Å². The van der Waals surface area contributed by atoms with Crippen LogP contribution in [0.2, 0.25) is 5.02 Å². The van der Waals surface area contributed by atoms with Crippen molar-refractivity contribution in [1.82, 2.24) is 0 Å². The Morgan fingerprint density at radius 2 is 1.87 bits per heavy atom. The average Bonchev–Trinajstić information content (AvgIpc) is 2.09. The molecule has 0 saturated heterocycles. The SMILES string of the molecule is CCOc1cc(C)c(Cl)cc1C(C)(C)C. The molecular formula is C13H19ClO. The Labute approximate surface area is 97.4 Å². The lowest BCUT2D eigenvalue weighted by atomic mass is 9.86. The molecule has 2 heteroatoms. The van der Waals surface area contributed by atoms with Crippen molar-refractivity contribution < 1.29 is 4.74 Å². The van der Waals surface area contributed by atoms with Gasteiger partial charge in [-0.3, -0.25) is 0 Å². The number of hydrogen-bond acceptors (Lipinski definition) is 1. The van der Waals surface area contributed by atoms with Crippen LogP contribution in [0.1, 0.15) is 38.8 Å². The van der Waals surface area contributed by atoms with Crippen LogP contribution in [-0.4, -0.2) is 6.61 Å². The van der Waals surface area contributed by atoms with Gasteiger partial charge < -0.3 is 4.74 Å². The van der Waals surface area contributed by atoms with Gasteiger partial charge in [0.2, 0.25) is 0 Å². The summed E-state index contributed by atoms with van der Waals surface area (Å²) >= 11 is 6.14. The van der Waals surface area contributed by atoms with E-state index in [1.54, 1.807) is 0 Å². The van der Waals surface area contributed by atoms with E-state index in [-0.39, 0.29) is 5.41 Å². The summed E-state index contributed by atoms with van der Waals surface area (Å²) < 4.78 is 5.64. The standard InChI is InChI=1S/C13H19ClO/c1-6-15-12-7-9(2)11(14)8-10(12)13(3,4)5/h7-8H,6H2,1-5H3. The number of hydrogen-bond donors (Lipinski definition) is 0. The third-order valence-electron chi connectivity index (χ3n) is 2.37. The average molecular weight is 227 g/mol. The van der Waals surface area contributed by atoms with E-state index in [4.69, 9.17) is 16.3 Å². The quantitative estimate of drug-likeness (QED) is 0.729. The van der Waals surface area contributed by atoms with E-state index in [0.717, 1.165) is 16.3 Å². The summed E-state index contributed by atoms with van der Waals surface area (Å²) in [5.41, 5.74) is 2.29. The molecule has 0 N–H and O–H groups in total. The molecule has 0 amide bonds. The summed E-state index contributed by atoms with van der Waals surface area (Å²) in [6.45, 7) is 11.2. The number of halogens is 1. The Morgan fingerprint density at radius 3 is 2.33 bits per heavy atom. The molecule has 0 radical (unpaired) electrons. The van der Waals surface area contributed by atoms with E-state index in [1.807, 2.05) is 26.0 Å². The van der Waals surface area contributed by atoms with E-state index in [2.05, 4.69) is 20.8 Å². The van der Waals surface area contributed by atoms with Crippen LogP contribution in [-0.2, 0) is 5.41 Å². The van der Waals surface area contributed by atoms with Crippen LogP contribution in [0.5, 0.6) is 5.75 Å². The van der Waals surface area contributed by atoms with Gasteiger partial charge in [0, 0.05) is 10.6 Å². The van der Waals surface area contributed by atoms with Crippen molar-refractivity contribution in [2.24, 2.45) is 0 Å². The lowest BCUT2D eigenvalue weighted by Crippen LogP contribution is -2.13. The van der Waals surface area contributed by atoms with Gasteiger partial charge in [-0.15, -0.1) is 0 Å². The second-order valence-electron chi connectivity index (χ2n) is 4.78. The molecule has 1 aromatic rings. The zero-order chi connectivity index (χ0) is 11.6. The molecule has 0 aromatic heterocycles. The van der Waals surface area contributed by atoms with Crippen molar-refractivity contribution in [3.63, 3.8) is 0 Å². The fraction of sp³-hybridized carbons (Fsp3) is 0.538. The van der Waals surface area contributed by atoms with Gasteiger partial charge in [-0.1, -0.05) is 32.4 Å². The zero-order valence-electron chi connectivity index (χ0n) is 10.1. The van der Waals surface area contributed by atoms with Crippen molar-refractivity contribution in [2.45, 2.75) is 40.0 Å². The molecule has 0 aliphatic carbocycles. The van der Waals surface area contributed by atoms with Crippen molar-refractivity contribution in [2.75, 3.05) is 6.61 Å². The first kappa shape index (κ1) is 12.4. The van der Waals surface area contributed by atoms with Gasteiger partial charge in [-0.2, -0.15) is 0 Å². The summed E-state index contributed by atoms with van der Waals surface area (Å²) in [7, 11) is 0. The van der Waals surface area contributed by atoms with E-state index < -0.39 is 0 Å². The summed E-state index contributed by atoms with van der Waals surface area (Å²) in [6.07, 6.45) is 0. The van der Waals surface area contributed by atoms with Crippen LogP contribution in [0.4, 0.5) is 0 Å². The Hall–Kier alpha value is -0.690. The molecule has 0 aliphatic heterocycles. The molecule has 0 fully saturated rings. The maximum atomic E-state index is 6.14. The Morgan fingerprint density at radius 1 is 1.27 bits per heavy atom. The van der Waals surface area contributed by atoms with Gasteiger partial charge in [0.05, 0.1) is 6.61 Å². The van der Waals surface area contributed by atoms with Crippen LogP contribution in [0.3, 0.4) is 0 Å². The van der Waals surface area contributed by atoms with E-state index in [1.165, 1.54) is 5.56 Å². The molecule has 1 nitrogen and oxygen atoms in total. The molecule has 1 rings (SSSR count). The van der Waals surface area contributed by atoms with E-state index in [9.17, 15) is 0 Å². The predicted molar refractivity (Wildman–Crippen MR) is 66.1 cm³/mol. The fourth-order valence-electron chi connectivity index (χ4n) is 1.52. The lowest BCUT2D eigenvalue weighted by molar-refractivity contribution is 0.329. The van der Waals surface area contributed by atoms with Gasteiger partial charge >= 0.3 is 0 Å². The third kappa shape index (κ3) is 2.88. The van der Waals surface area contributed by atoms with Gasteiger partial charge in [-0.25, -0.2) is 0 Å². The molecule has 0 saturated carbocycles. The Balaban J connectivity index is 3.28. The van der Waals surface area contributed by atoms with Crippen LogP contribution in [0.15, 0.2) is 12.1 Å². The molecule has 0 atom stereocenters. The van der Waals surface area contributed by atoms with Crippen molar-refractivity contribution in [3.8, 4) is 5.75 Å². The molecular weight excluding hydrogens is 208 g/mol. The van der Waals surface area contributed by atoms with Gasteiger partial charge in [0.25, 0.3) is 0 Å². The third-order valence-corrected chi connectivity index (χ3v) is 2.78. The second-order valence-corrected chi connectivity index (χ2v) is 5.19. The van der Waals surface area contributed by atoms with Crippen molar-refractivity contribution >= 4 is 11.6 Å². The molecule has 0 unspecified atom stereocenters. The second kappa shape index (κ2) is 4.44. The van der Waals surface area contributed by atoms with Crippen molar-refractivity contribution in [1.29, 1.82) is 0 Å². The minimum Gasteiger partial charge on any atom is -0.494 e. The number of rotatable bonds is 2. The topological polar surface area (TPSA) is 9.23 Å². The molecule has 0 bridgehead atoms. The lowest BCUT2D eigenvalue weighted by Gasteiger charge is -2.23. The highest BCUT2D eigenvalue weighted by molar-refractivity contribution is 6.31. The molecule has 0 aliphatic rings. The fourth-order valence-corrected chi connectivity index (χ4v) is 1.68. The van der Waals surface area contributed by atoms with E-state index >= 15 is 0 Å². The smallest absolute Gasteiger partial charge is 0.123 e. The minimum absolute atomic E-state index is 0.0574. The van der Waals surface area contributed by atoms with Gasteiger partial charge in [0.15, 0.2) is 0 Å². The van der Waals surface area contributed by atoms with Crippen molar-refractivity contribution in [3.05, 3.63) is 28.3 Å². The summed E-state index contributed by atoms with van der Waals surface area (Å²) in [5.74, 6) is 0.951. The number of ether oxygens (including phenoxy) is 1. The summed E-state index contributed by atoms with van der Waals surface area (Å²) in [6, 6.07) is 4.04. The Kier molecular flexibility index (Phi) is 3.67. The molecule has 0 spiro atoms. The molecule has 84 valence electrons. The maximum absolute atomic E-state index is 6.14. The molecule has 1 aromatic carbocycles. The van der Waals surface area contributed by atoms with E-state index in [0.29, 0.717) is 6.61 Å². The first-order valence-corrected chi connectivity index (χ1v) is 5.67. The molecule has 0 heterocycles. The predicted octanol–water partition coefficient (Wildman–Crippen LogP) is 4.34. The first-order chi connectivity index (χ1) is 6.86. The monoisotopic (exact) mass is 226 g/mol. The number of benzene rings is 1. The Bertz CT molecular complexity index is 350. The summed E-state index contributed by atoms with van der Waals surface area (Å²) in [4.78, 5) is 0. The highest BCUT2D eigenvalue weighted by atomic mass is 35.5. The normalized spacial score (nSPS) is 11.6.